The highest BCUT2D eigenvalue weighted by atomic mass is 35.5. The third-order valence-corrected chi connectivity index (χ3v) is 5.14. The van der Waals surface area contributed by atoms with Crippen LogP contribution < -0.4 is 11.1 Å². The highest BCUT2D eigenvalue weighted by molar-refractivity contribution is 6.30. The predicted molar refractivity (Wildman–Crippen MR) is 97.2 cm³/mol. The molecule has 0 spiro atoms. The SMILES string of the molecule is CN=C(NC1CC1c1cccc(Cl)c1)N1CCCC(CC(N)=O)C1. The minimum atomic E-state index is -0.215. The van der Waals surface area contributed by atoms with Gasteiger partial charge in [-0.2, -0.15) is 0 Å². The Morgan fingerprint density at radius 3 is 3.04 bits per heavy atom. The molecule has 0 bridgehead atoms. The summed E-state index contributed by atoms with van der Waals surface area (Å²) in [5.41, 5.74) is 6.63. The molecule has 24 heavy (non-hydrogen) atoms. The van der Waals surface area contributed by atoms with Gasteiger partial charge in [-0.1, -0.05) is 23.7 Å². The number of piperidine rings is 1. The molecule has 1 aromatic carbocycles. The van der Waals surface area contributed by atoms with Crippen LogP contribution >= 0.6 is 11.6 Å². The van der Waals surface area contributed by atoms with E-state index in [4.69, 9.17) is 17.3 Å². The van der Waals surface area contributed by atoms with E-state index in [-0.39, 0.29) is 5.91 Å². The van der Waals surface area contributed by atoms with Crippen molar-refractivity contribution in [2.24, 2.45) is 16.6 Å². The molecular formula is C18H25ClN4O. The van der Waals surface area contributed by atoms with Gasteiger partial charge >= 0.3 is 0 Å². The fraction of sp³-hybridized carbons (Fsp3) is 0.556. The van der Waals surface area contributed by atoms with Crippen molar-refractivity contribution in [3.63, 3.8) is 0 Å². The van der Waals surface area contributed by atoms with Gasteiger partial charge in [0.25, 0.3) is 0 Å². The molecule has 3 N–H and O–H groups in total. The van der Waals surface area contributed by atoms with Gasteiger partial charge in [0.05, 0.1) is 0 Å². The topological polar surface area (TPSA) is 70.7 Å². The molecule has 5 nitrogen and oxygen atoms in total. The Morgan fingerprint density at radius 1 is 1.50 bits per heavy atom. The lowest BCUT2D eigenvalue weighted by molar-refractivity contribution is -0.119. The number of nitrogens with two attached hydrogens (primary N) is 1. The van der Waals surface area contributed by atoms with Crippen molar-refractivity contribution in [3.8, 4) is 0 Å². The summed E-state index contributed by atoms with van der Waals surface area (Å²) in [7, 11) is 1.82. The number of benzene rings is 1. The van der Waals surface area contributed by atoms with Crippen molar-refractivity contribution in [1.29, 1.82) is 0 Å². The smallest absolute Gasteiger partial charge is 0.217 e. The fourth-order valence-corrected chi connectivity index (χ4v) is 3.83. The van der Waals surface area contributed by atoms with Crippen molar-refractivity contribution in [1.82, 2.24) is 10.2 Å². The molecule has 1 heterocycles. The van der Waals surface area contributed by atoms with Crippen LogP contribution in [0, 0.1) is 5.92 Å². The summed E-state index contributed by atoms with van der Waals surface area (Å²) in [6.07, 6.45) is 3.69. The van der Waals surface area contributed by atoms with E-state index in [9.17, 15) is 4.79 Å². The van der Waals surface area contributed by atoms with Gasteiger partial charge in [-0.3, -0.25) is 9.79 Å². The Hall–Kier alpha value is -1.75. The van der Waals surface area contributed by atoms with Gasteiger partial charge < -0.3 is 16.0 Å². The summed E-state index contributed by atoms with van der Waals surface area (Å²) in [4.78, 5) is 17.9. The number of likely N-dealkylation sites (tertiary alicyclic amines) is 1. The van der Waals surface area contributed by atoms with E-state index < -0.39 is 0 Å². The number of carbonyl (C=O) groups is 1. The number of amides is 1. The number of aliphatic imine (C=N–C) groups is 1. The van der Waals surface area contributed by atoms with E-state index in [1.165, 1.54) is 5.56 Å². The maximum atomic E-state index is 11.2. The molecule has 1 saturated carbocycles. The van der Waals surface area contributed by atoms with E-state index in [1.54, 1.807) is 0 Å². The molecule has 6 heteroatoms. The van der Waals surface area contributed by atoms with Crippen LogP contribution in [0.4, 0.5) is 0 Å². The van der Waals surface area contributed by atoms with Gasteiger partial charge in [-0.15, -0.1) is 0 Å². The predicted octanol–water partition coefficient (Wildman–Crippen LogP) is 2.36. The molecule has 1 saturated heterocycles. The number of hydrogen-bond acceptors (Lipinski definition) is 2. The molecule has 3 rings (SSSR count). The molecule has 1 amide bonds. The number of nitrogens with one attached hydrogen (secondary N) is 1. The van der Waals surface area contributed by atoms with E-state index in [0.29, 0.717) is 24.3 Å². The number of hydrogen-bond donors (Lipinski definition) is 2. The number of halogens is 1. The van der Waals surface area contributed by atoms with Gasteiger partial charge in [-0.05, 0) is 42.9 Å². The minimum Gasteiger partial charge on any atom is -0.370 e. The lowest BCUT2D eigenvalue weighted by atomic mass is 9.95. The Morgan fingerprint density at radius 2 is 2.33 bits per heavy atom. The van der Waals surface area contributed by atoms with Crippen LogP contribution in [0.2, 0.25) is 5.02 Å². The molecule has 3 atom stereocenters. The van der Waals surface area contributed by atoms with Crippen LogP contribution in [-0.2, 0) is 4.79 Å². The van der Waals surface area contributed by atoms with E-state index in [1.807, 2.05) is 25.2 Å². The van der Waals surface area contributed by atoms with Gasteiger partial charge in [0.2, 0.25) is 5.91 Å². The van der Waals surface area contributed by atoms with E-state index >= 15 is 0 Å². The third-order valence-electron chi connectivity index (χ3n) is 4.90. The summed E-state index contributed by atoms with van der Waals surface area (Å²) >= 11 is 6.09. The molecule has 1 aliphatic carbocycles. The van der Waals surface area contributed by atoms with Crippen LogP contribution in [0.3, 0.4) is 0 Å². The average molecular weight is 349 g/mol. The number of rotatable bonds is 4. The molecule has 2 fully saturated rings. The highest BCUT2D eigenvalue weighted by Gasteiger charge is 2.40. The lowest BCUT2D eigenvalue weighted by Crippen LogP contribution is -2.48. The maximum Gasteiger partial charge on any atom is 0.217 e. The summed E-state index contributed by atoms with van der Waals surface area (Å²) in [6.45, 7) is 1.82. The van der Waals surface area contributed by atoms with Gasteiger partial charge in [0, 0.05) is 43.5 Å². The van der Waals surface area contributed by atoms with Crippen molar-refractivity contribution in [2.75, 3.05) is 20.1 Å². The first-order chi connectivity index (χ1) is 11.6. The molecule has 1 aromatic rings. The second kappa shape index (κ2) is 7.43. The monoisotopic (exact) mass is 348 g/mol. The zero-order chi connectivity index (χ0) is 17.1. The van der Waals surface area contributed by atoms with Crippen molar-refractivity contribution < 1.29 is 4.79 Å². The van der Waals surface area contributed by atoms with Crippen LogP contribution in [0.1, 0.15) is 37.2 Å². The van der Waals surface area contributed by atoms with Crippen molar-refractivity contribution in [2.45, 2.75) is 37.6 Å². The minimum absolute atomic E-state index is 0.215. The van der Waals surface area contributed by atoms with E-state index in [0.717, 1.165) is 43.3 Å². The Bertz CT molecular complexity index is 633. The van der Waals surface area contributed by atoms with Gasteiger partial charge in [0.1, 0.15) is 0 Å². The van der Waals surface area contributed by atoms with Crippen molar-refractivity contribution in [3.05, 3.63) is 34.9 Å². The van der Waals surface area contributed by atoms with Gasteiger partial charge in [-0.25, -0.2) is 0 Å². The quantitative estimate of drug-likeness (QED) is 0.648. The molecule has 130 valence electrons. The number of primary amides is 1. The van der Waals surface area contributed by atoms with Crippen molar-refractivity contribution >= 4 is 23.5 Å². The largest absolute Gasteiger partial charge is 0.370 e. The molecule has 0 radical (unpaired) electrons. The summed E-state index contributed by atoms with van der Waals surface area (Å²) < 4.78 is 0. The normalized spacial score (nSPS) is 27.0. The maximum absolute atomic E-state index is 11.2. The third kappa shape index (κ3) is 4.20. The average Bonchev–Trinajstić information content (AvgIpc) is 3.31. The van der Waals surface area contributed by atoms with Crippen LogP contribution in [-0.4, -0.2) is 42.9 Å². The Labute approximate surface area is 148 Å². The standard InChI is InChI=1S/C18H25ClN4O/c1-21-18(23-7-3-4-12(11-23)8-17(20)24)22-16-10-15(16)13-5-2-6-14(19)9-13/h2,5-6,9,12,15-16H,3-4,7-8,10-11H2,1H3,(H2,20,24)(H,21,22). The highest BCUT2D eigenvalue weighted by Crippen LogP contribution is 2.41. The number of guanidine groups is 1. The Balaban J connectivity index is 1.57. The molecular weight excluding hydrogens is 324 g/mol. The number of nitrogens with zero attached hydrogens (tertiary/aromatic N) is 2. The first kappa shape index (κ1) is 17.1. The molecule has 0 aromatic heterocycles. The molecule has 2 aliphatic rings. The zero-order valence-corrected chi connectivity index (χ0v) is 14.8. The lowest BCUT2D eigenvalue weighted by Gasteiger charge is -2.34. The first-order valence-electron chi connectivity index (χ1n) is 8.59. The van der Waals surface area contributed by atoms with Crippen LogP contribution in [0.5, 0.6) is 0 Å². The van der Waals surface area contributed by atoms with Gasteiger partial charge in [0.15, 0.2) is 5.96 Å². The van der Waals surface area contributed by atoms with Crippen LogP contribution in [0.25, 0.3) is 0 Å². The molecule has 1 aliphatic heterocycles. The molecule has 3 unspecified atom stereocenters. The summed E-state index contributed by atoms with van der Waals surface area (Å²) in [5.74, 6) is 1.54. The van der Waals surface area contributed by atoms with Crippen LogP contribution in [0.15, 0.2) is 29.3 Å². The summed E-state index contributed by atoms with van der Waals surface area (Å²) in [6, 6.07) is 8.48. The fourth-order valence-electron chi connectivity index (χ4n) is 3.63. The summed E-state index contributed by atoms with van der Waals surface area (Å²) in [5, 5.41) is 4.35. The van der Waals surface area contributed by atoms with E-state index in [2.05, 4.69) is 21.3 Å². The Kier molecular flexibility index (Phi) is 5.29. The zero-order valence-electron chi connectivity index (χ0n) is 14.0. The second-order valence-corrected chi connectivity index (χ2v) is 7.26. The number of carbonyl (C=O) groups excluding carboxylic acids is 1. The second-order valence-electron chi connectivity index (χ2n) is 6.82. The first-order valence-corrected chi connectivity index (χ1v) is 8.96.